The van der Waals surface area contributed by atoms with E-state index in [2.05, 4.69) is 95.5 Å². The van der Waals surface area contributed by atoms with Crippen molar-refractivity contribution >= 4 is 23.8 Å². The molecule has 0 atom stereocenters. The van der Waals surface area contributed by atoms with E-state index in [0.717, 1.165) is 22.5 Å². The predicted molar refractivity (Wildman–Crippen MR) is 115 cm³/mol. The Hall–Kier alpha value is -1.99. The summed E-state index contributed by atoms with van der Waals surface area (Å²) in [5.41, 5.74) is 10.1. The largest absolute Gasteiger partial charge is 0.143 e. The van der Waals surface area contributed by atoms with Gasteiger partial charge in [0.2, 0.25) is 0 Å². The lowest BCUT2D eigenvalue weighted by atomic mass is 9.98. The lowest BCUT2D eigenvalue weighted by Crippen LogP contribution is -1.91. The van der Waals surface area contributed by atoms with E-state index in [1.165, 1.54) is 33.4 Å². The van der Waals surface area contributed by atoms with Crippen LogP contribution in [0.25, 0.3) is 11.1 Å². The molecule has 0 aliphatic rings. The highest BCUT2D eigenvalue weighted by molar-refractivity contribution is 7.80. The summed E-state index contributed by atoms with van der Waals surface area (Å²) in [4.78, 5) is 0.989. The number of rotatable bonds is 5. The Morgan fingerprint density at radius 3 is 2.36 bits per heavy atom. The number of allylic oxidation sites excluding steroid dienone is 5. The highest BCUT2D eigenvalue weighted by Crippen LogP contribution is 2.24. The topological polar surface area (TPSA) is 0 Å². The molecular formula is C24H28S. The average Bonchev–Trinajstić information content (AvgIpc) is 2.56. The van der Waals surface area contributed by atoms with E-state index < -0.39 is 0 Å². The van der Waals surface area contributed by atoms with Crippen molar-refractivity contribution in [2.75, 3.05) is 0 Å². The zero-order chi connectivity index (χ0) is 18.6. The summed E-state index contributed by atoms with van der Waals surface area (Å²) in [5, 5.41) is 0. The van der Waals surface area contributed by atoms with Crippen LogP contribution in [0.4, 0.5) is 0 Å². The van der Waals surface area contributed by atoms with Crippen molar-refractivity contribution in [1.29, 1.82) is 0 Å². The number of thiol groups is 1. The fourth-order valence-electron chi connectivity index (χ4n) is 2.93. The SMILES string of the molecule is C=C(C)c1cc(C/C(C)=C\C=C(/C)c2cc(C)ccc2C)ccc1S. The zero-order valence-corrected chi connectivity index (χ0v) is 16.9. The quantitative estimate of drug-likeness (QED) is 0.428. The number of benzene rings is 2. The normalized spacial score (nSPS) is 12.4. The molecule has 130 valence electrons. The Morgan fingerprint density at radius 2 is 1.68 bits per heavy atom. The molecule has 2 aromatic rings. The van der Waals surface area contributed by atoms with Crippen molar-refractivity contribution in [3.05, 3.63) is 88.5 Å². The third-order valence-electron chi connectivity index (χ3n) is 4.44. The van der Waals surface area contributed by atoms with Crippen LogP contribution in [0.5, 0.6) is 0 Å². The molecule has 0 heterocycles. The second kappa shape index (κ2) is 8.40. The van der Waals surface area contributed by atoms with Gasteiger partial charge in [-0.25, -0.2) is 0 Å². The lowest BCUT2D eigenvalue weighted by molar-refractivity contribution is 1.13. The fourth-order valence-corrected chi connectivity index (χ4v) is 3.26. The molecule has 0 fully saturated rings. The fraction of sp³-hybridized carbons (Fsp3) is 0.250. The molecule has 0 bridgehead atoms. The molecule has 2 aromatic carbocycles. The van der Waals surface area contributed by atoms with Gasteiger partial charge in [0.15, 0.2) is 0 Å². The van der Waals surface area contributed by atoms with Crippen LogP contribution in [-0.4, -0.2) is 0 Å². The van der Waals surface area contributed by atoms with Gasteiger partial charge in [-0.1, -0.05) is 60.2 Å². The smallest absolute Gasteiger partial charge is 0.0115 e. The monoisotopic (exact) mass is 348 g/mol. The summed E-state index contributed by atoms with van der Waals surface area (Å²) < 4.78 is 0. The highest BCUT2D eigenvalue weighted by atomic mass is 32.1. The summed E-state index contributed by atoms with van der Waals surface area (Å²) in [5.74, 6) is 0. The van der Waals surface area contributed by atoms with Crippen molar-refractivity contribution in [2.24, 2.45) is 0 Å². The molecule has 0 radical (unpaired) electrons. The molecule has 0 aromatic heterocycles. The van der Waals surface area contributed by atoms with Crippen molar-refractivity contribution < 1.29 is 0 Å². The van der Waals surface area contributed by atoms with Crippen molar-refractivity contribution in [2.45, 2.75) is 45.9 Å². The number of hydrogen-bond donors (Lipinski definition) is 1. The van der Waals surface area contributed by atoms with Crippen molar-refractivity contribution in [3.63, 3.8) is 0 Å². The van der Waals surface area contributed by atoms with Gasteiger partial charge in [0.25, 0.3) is 0 Å². The number of hydrogen-bond acceptors (Lipinski definition) is 1. The maximum absolute atomic E-state index is 4.52. The van der Waals surface area contributed by atoms with Gasteiger partial charge in [0.1, 0.15) is 0 Å². The van der Waals surface area contributed by atoms with Crippen LogP contribution in [0.3, 0.4) is 0 Å². The third kappa shape index (κ3) is 5.24. The van der Waals surface area contributed by atoms with Gasteiger partial charge in [-0.2, -0.15) is 0 Å². The Morgan fingerprint density at radius 1 is 0.960 bits per heavy atom. The molecule has 25 heavy (non-hydrogen) atoms. The average molecular weight is 349 g/mol. The predicted octanol–water partition coefficient (Wildman–Crippen LogP) is 7.22. The number of aryl methyl sites for hydroxylation is 2. The molecule has 0 nitrogen and oxygen atoms in total. The summed E-state index contributed by atoms with van der Waals surface area (Å²) in [6.45, 7) is 14.7. The minimum atomic E-state index is 0.935. The van der Waals surface area contributed by atoms with Crippen molar-refractivity contribution in [3.8, 4) is 0 Å². The third-order valence-corrected chi connectivity index (χ3v) is 4.83. The van der Waals surface area contributed by atoms with Crippen LogP contribution in [0.2, 0.25) is 0 Å². The lowest BCUT2D eigenvalue weighted by Gasteiger charge is -2.09. The maximum atomic E-state index is 4.52. The molecule has 0 aliphatic heterocycles. The van der Waals surface area contributed by atoms with Gasteiger partial charge in [0, 0.05) is 4.90 Å². The second-order valence-corrected chi connectivity index (χ2v) is 7.47. The first-order valence-corrected chi connectivity index (χ1v) is 9.12. The molecule has 0 unspecified atom stereocenters. The van der Waals surface area contributed by atoms with Crippen LogP contribution >= 0.6 is 12.6 Å². The molecule has 0 spiro atoms. The van der Waals surface area contributed by atoms with Gasteiger partial charge in [-0.15, -0.1) is 12.6 Å². The van der Waals surface area contributed by atoms with E-state index >= 15 is 0 Å². The van der Waals surface area contributed by atoms with Gasteiger partial charge >= 0.3 is 0 Å². The second-order valence-electron chi connectivity index (χ2n) is 6.99. The molecule has 0 N–H and O–H groups in total. The zero-order valence-electron chi connectivity index (χ0n) is 16.0. The van der Waals surface area contributed by atoms with Gasteiger partial charge in [-0.3, -0.25) is 0 Å². The van der Waals surface area contributed by atoms with Gasteiger partial charge in [0.05, 0.1) is 0 Å². The molecular weight excluding hydrogens is 320 g/mol. The van der Waals surface area contributed by atoms with E-state index in [4.69, 9.17) is 0 Å². The van der Waals surface area contributed by atoms with Gasteiger partial charge in [-0.05, 0) is 80.5 Å². The van der Waals surface area contributed by atoms with E-state index in [1.807, 2.05) is 6.92 Å². The van der Waals surface area contributed by atoms with E-state index in [9.17, 15) is 0 Å². The maximum Gasteiger partial charge on any atom is 0.0115 e. The Bertz CT molecular complexity index is 850. The van der Waals surface area contributed by atoms with E-state index in [1.54, 1.807) is 0 Å². The van der Waals surface area contributed by atoms with E-state index in [0.29, 0.717) is 0 Å². The molecule has 0 amide bonds. The molecule has 0 saturated carbocycles. The Labute approximate surface area is 158 Å². The molecule has 2 rings (SSSR count). The highest BCUT2D eigenvalue weighted by Gasteiger charge is 2.03. The summed E-state index contributed by atoms with van der Waals surface area (Å²) in [7, 11) is 0. The summed E-state index contributed by atoms with van der Waals surface area (Å²) in [6.07, 6.45) is 5.39. The van der Waals surface area contributed by atoms with Crippen LogP contribution in [-0.2, 0) is 6.42 Å². The van der Waals surface area contributed by atoms with Crippen LogP contribution in [0.1, 0.15) is 48.6 Å². The summed E-state index contributed by atoms with van der Waals surface area (Å²) >= 11 is 4.52. The standard InChI is InChI=1S/C24H28S/c1-16(2)22-15-21(11-12-24(22)25)13-17(3)7-9-19(5)23-14-18(4)8-10-20(23)6/h7-12,14-15,25H,1,13H2,2-6H3/b17-7-,19-9+. The first kappa shape index (κ1) is 19.3. The first-order chi connectivity index (χ1) is 11.8. The molecule has 0 aliphatic carbocycles. The van der Waals surface area contributed by atoms with E-state index in [-0.39, 0.29) is 0 Å². The van der Waals surface area contributed by atoms with Crippen LogP contribution in [0.15, 0.2) is 65.6 Å². The molecule has 1 heteroatoms. The van der Waals surface area contributed by atoms with Crippen molar-refractivity contribution in [1.82, 2.24) is 0 Å². The summed E-state index contributed by atoms with van der Waals surface area (Å²) in [6, 6.07) is 13.0. The van der Waals surface area contributed by atoms with Crippen LogP contribution in [0, 0.1) is 13.8 Å². The minimum Gasteiger partial charge on any atom is -0.143 e. The Balaban J connectivity index is 2.20. The van der Waals surface area contributed by atoms with Crippen LogP contribution < -0.4 is 0 Å². The van der Waals surface area contributed by atoms with Gasteiger partial charge < -0.3 is 0 Å². The minimum absolute atomic E-state index is 0.935. The first-order valence-electron chi connectivity index (χ1n) is 8.67. The molecule has 0 saturated heterocycles. The Kier molecular flexibility index (Phi) is 6.50.